The summed E-state index contributed by atoms with van der Waals surface area (Å²) in [5, 5.41) is 5.38. The van der Waals surface area contributed by atoms with Crippen molar-refractivity contribution in [3.63, 3.8) is 0 Å². The van der Waals surface area contributed by atoms with Crippen molar-refractivity contribution < 1.29 is 8.42 Å². The number of primary sulfonamides is 1. The SMILES string of the molecule is NS(=O)(=O)c1cccc(-c2cc(Br)cnc2Cl)c1. The second kappa shape index (κ2) is 4.97. The van der Waals surface area contributed by atoms with Crippen LogP contribution >= 0.6 is 27.5 Å². The normalized spacial score (nSPS) is 11.5. The molecule has 0 atom stereocenters. The second-order valence-electron chi connectivity index (χ2n) is 3.56. The molecule has 0 aliphatic rings. The first kappa shape index (κ1) is 13.5. The number of rotatable bonds is 2. The highest BCUT2D eigenvalue weighted by atomic mass is 79.9. The van der Waals surface area contributed by atoms with Crippen LogP contribution in [0.25, 0.3) is 11.1 Å². The molecule has 0 aliphatic carbocycles. The highest BCUT2D eigenvalue weighted by molar-refractivity contribution is 9.10. The quantitative estimate of drug-likeness (QED) is 0.849. The Bertz CT molecular complexity index is 704. The van der Waals surface area contributed by atoms with Crippen LogP contribution in [0.1, 0.15) is 0 Å². The van der Waals surface area contributed by atoms with E-state index in [1.54, 1.807) is 24.4 Å². The molecule has 4 nitrogen and oxygen atoms in total. The molecule has 7 heteroatoms. The Kier molecular flexibility index (Phi) is 3.72. The summed E-state index contributed by atoms with van der Waals surface area (Å²) in [6.45, 7) is 0. The van der Waals surface area contributed by atoms with Crippen molar-refractivity contribution in [2.75, 3.05) is 0 Å². The van der Waals surface area contributed by atoms with E-state index in [4.69, 9.17) is 16.7 Å². The Morgan fingerprint density at radius 1 is 1.28 bits per heavy atom. The lowest BCUT2D eigenvalue weighted by Gasteiger charge is -2.06. The number of sulfonamides is 1. The van der Waals surface area contributed by atoms with Crippen molar-refractivity contribution in [1.29, 1.82) is 0 Å². The number of nitrogens with zero attached hydrogens (tertiary/aromatic N) is 1. The Labute approximate surface area is 118 Å². The molecular formula is C11H8BrClN2O2S. The second-order valence-corrected chi connectivity index (χ2v) is 6.40. The Morgan fingerprint density at radius 3 is 2.67 bits per heavy atom. The molecule has 0 unspecified atom stereocenters. The van der Waals surface area contributed by atoms with Crippen LogP contribution in [0.15, 0.2) is 45.9 Å². The lowest BCUT2D eigenvalue weighted by atomic mass is 10.1. The number of hydrogen-bond donors (Lipinski definition) is 1. The first-order chi connectivity index (χ1) is 8.38. The van der Waals surface area contributed by atoms with Crippen molar-refractivity contribution in [1.82, 2.24) is 4.98 Å². The standard InChI is InChI=1S/C11H8BrClN2O2S/c12-8-5-10(11(13)15-6-8)7-2-1-3-9(4-7)18(14,16)17/h1-6H,(H2,14,16,17). The highest BCUT2D eigenvalue weighted by Gasteiger charge is 2.11. The molecule has 0 saturated heterocycles. The first-order valence-corrected chi connectivity index (χ1v) is 7.54. The minimum Gasteiger partial charge on any atom is -0.243 e. The van der Waals surface area contributed by atoms with Crippen molar-refractivity contribution >= 4 is 37.6 Å². The van der Waals surface area contributed by atoms with E-state index in [2.05, 4.69) is 20.9 Å². The molecule has 2 rings (SSSR count). The molecule has 18 heavy (non-hydrogen) atoms. The number of benzene rings is 1. The van der Waals surface area contributed by atoms with Gasteiger partial charge in [0.25, 0.3) is 0 Å². The van der Waals surface area contributed by atoms with E-state index in [1.807, 2.05) is 0 Å². The lowest BCUT2D eigenvalue weighted by Crippen LogP contribution is -2.11. The summed E-state index contributed by atoms with van der Waals surface area (Å²) in [5.74, 6) is 0. The van der Waals surface area contributed by atoms with Crippen LogP contribution in [0.4, 0.5) is 0 Å². The van der Waals surface area contributed by atoms with Gasteiger partial charge >= 0.3 is 0 Å². The van der Waals surface area contributed by atoms with E-state index >= 15 is 0 Å². The van der Waals surface area contributed by atoms with Crippen LogP contribution < -0.4 is 5.14 Å². The molecule has 2 aromatic rings. The summed E-state index contributed by atoms with van der Waals surface area (Å²) in [7, 11) is -3.73. The molecule has 0 saturated carbocycles. The smallest absolute Gasteiger partial charge is 0.238 e. The monoisotopic (exact) mass is 346 g/mol. The Morgan fingerprint density at radius 2 is 2.00 bits per heavy atom. The molecule has 94 valence electrons. The molecule has 1 aromatic carbocycles. The number of pyridine rings is 1. The molecule has 1 aromatic heterocycles. The number of nitrogens with two attached hydrogens (primary N) is 1. The fourth-order valence-electron chi connectivity index (χ4n) is 1.47. The molecule has 0 bridgehead atoms. The topological polar surface area (TPSA) is 73.1 Å². The average molecular weight is 348 g/mol. The van der Waals surface area contributed by atoms with E-state index < -0.39 is 10.0 Å². The number of aromatic nitrogens is 1. The van der Waals surface area contributed by atoms with Crippen LogP contribution in [0.5, 0.6) is 0 Å². The van der Waals surface area contributed by atoms with Gasteiger partial charge in [0.2, 0.25) is 10.0 Å². The minimum absolute atomic E-state index is 0.0380. The van der Waals surface area contributed by atoms with Crippen molar-refractivity contribution in [3.05, 3.63) is 46.2 Å². The van der Waals surface area contributed by atoms with Crippen molar-refractivity contribution in [2.45, 2.75) is 4.90 Å². The first-order valence-electron chi connectivity index (χ1n) is 4.82. The van der Waals surface area contributed by atoms with Gasteiger partial charge in [-0.05, 0) is 39.7 Å². The molecule has 0 spiro atoms. The Balaban J connectivity index is 2.62. The molecule has 0 fully saturated rings. The van der Waals surface area contributed by atoms with Gasteiger partial charge in [0.15, 0.2) is 0 Å². The van der Waals surface area contributed by atoms with E-state index in [1.165, 1.54) is 12.1 Å². The van der Waals surface area contributed by atoms with Crippen molar-refractivity contribution in [3.8, 4) is 11.1 Å². The van der Waals surface area contributed by atoms with E-state index in [-0.39, 0.29) is 4.90 Å². The fraction of sp³-hybridized carbons (Fsp3) is 0. The van der Waals surface area contributed by atoms with Gasteiger partial charge in [0.1, 0.15) is 5.15 Å². The van der Waals surface area contributed by atoms with Gasteiger partial charge in [-0.2, -0.15) is 0 Å². The van der Waals surface area contributed by atoms with Crippen LogP contribution in [-0.4, -0.2) is 13.4 Å². The van der Waals surface area contributed by atoms with Gasteiger partial charge in [0, 0.05) is 16.2 Å². The lowest BCUT2D eigenvalue weighted by molar-refractivity contribution is 0.598. The molecule has 0 radical (unpaired) electrons. The third kappa shape index (κ3) is 2.89. The van der Waals surface area contributed by atoms with Gasteiger partial charge in [-0.15, -0.1) is 0 Å². The van der Waals surface area contributed by atoms with Crippen LogP contribution in [0.3, 0.4) is 0 Å². The third-order valence-corrected chi connectivity index (χ3v) is 3.93. The third-order valence-electron chi connectivity index (χ3n) is 2.28. The van der Waals surface area contributed by atoms with E-state index in [0.29, 0.717) is 16.3 Å². The maximum Gasteiger partial charge on any atom is 0.238 e. The minimum atomic E-state index is -3.73. The molecule has 0 aliphatic heterocycles. The van der Waals surface area contributed by atoms with Gasteiger partial charge in [-0.3, -0.25) is 0 Å². The van der Waals surface area contributed by atoms with Crippen LogP contribution in [0.2, 0.25) is 5.15 Å². The summed E-state index contributed by atoms with van der Waals surface area (Å²) in [6.07, 6.45) is 1.56. The molecule has 0 amide bonds. The zero-order valence-electron chi connectivity index (χ0n) is 8.97. The summed E-state index contributed by atoms with van der Waals surface area (Å²) < 4.78 is 23.3. The maximum absolute atomic E-state index is 11.3. The van der Waals surface area contributed by atoms with Crippen LogP contribution in [-0.2, 0) is 10.0 Å². The van der Waals surface area contributed by atoms with Gasteiger partial charge < -0.3 is 0 Å². The summed E-state index contributed by atoms with van der Waals surface area (Å²) in [6, 6.07) is 8.00. The van der Waals surface area contributed by atoms with E-state index in [0.717, 1.165) is 4.47 Å². The molecule has 1 heterocycles. The zero-order chi connectivity index (χ0) is 13.3. The summed E-state index contributed by atoms with van der Waals surface area (Å²) in [5.41, 5.74) is 1.27. The molecule has 2 N–H and O–H groups in total. The highest BCUT2D eigenvalue weighted by Crippen LogP contribution is 2.29. The maximum atomic E-state index is 11.3. The van der Waals surface area contributed by atoms with Crippen LogP contribution in [0, 0.1) is 0 Å². The fourth-order valence-corrected chi connectivity index (χ4v) is 2.57. The van der Waals surface area contributed by atoms with Crippen molar-refractivity contribution in [2.24, 2.45) is 5.14 Å². The predicted molar refractivity (Wildman–Crippen MR) is 73.8 cm³/mol. The molecular weight excluding hydrogens is 340 g/mol. The zero-order valence-corrected chi connectivity index (χ0v) is 12.1. The van der Waals surface area contributed by atoms with Gasteiger partial charge in [0.05, 0.1) is 4.90 Å². The van der Waals surface area contributed by atoms with E-state index in [9.17, 15) is 8.42 Å². The average Bonchev–Trinajstić information content (AvgIpc) is 2.31. The van der Waals surface area contributed by atoms with Gasteiger partial charge in [-0.1, -0.05) is 23.7 Å². The predicted octanol–water partition coefficient (Wildman–Crippen LogP) is 2.81. The van der Waals surface area contributed by atoms with Gasteiger partial charge in [-0.25, -0.2) is 18.5 Å². The summed E-state index contributed by atoms with van der Waals surface area (Å²) >= 11 is 9.27. The Hall–Kier alpha value is -0.950. The number of halogens is 2. The number of hydrogen-bond acceptors (Lipinski definition) is 3. The summed E-state index contributed by atoms with van der Waals surface area (Å²) in [4.78, 5) is 4.02. The largest absolute Gasteiger partial charge is 0.243 e.